The molecular formula is C27H30F2N4O3. The minimum absolute atomic E-state index is 0.0307. The summed E-state index contributed by atoms with van der Waals surface area (Å²) in [6.45, 7) is 0.769. The number of benzene rings is 1. The highest BCUT2D eigenvalue weighted by Gasteiger charge is 2.46. The molecule has 2 aromatic heterocycles. The lowest BCUT2D eigenvalue weighted by molar-refractivity contribution is -0.0505. The van der Waals surface area contributed by atoms with E-state index in [-0.39, 0.29) is 35.5 Å². The normalized spacial score (nSPS) is 25.8. The predicted molar refractivity (Wildman–Crippen MR) is 128 cm³/mol. The number of carbonyl (C=O) groups is 1. The van der Waals surface area contributed by atoms with Crippen molar-refractivity contribution in [3.8, 4) is 5.75 Å². The van der Waals surface area contributed by atoms with Crippen LogP contribution in [-0.4, -0.2) is 49.8 Å². The van der Waals surface area contributed by atoms with Crippen LogP contribution in [0.25, 0.3) is 5.65 Å². The Morgan fingerprint density at radius 3 is 2.58 bits per heavy atom. The minimum Gasteiger partial charge on any atom is -0.434 e. The van der Waals surface area contributed by atoms with Crippen molar-refractivity contribution >= 4 is 11.6 Å². The van der Waals surface area contributed by atoms with Crippen molar-refractivity contribution in [3.63, 3.8) is 0 Å². The lowest BCUT2D eigenvalue weighted by Gasteiger charge is -2.35. The Hall–Kier alpha value is -3.07. The van der Waals surface area contributed by atoms with Gasteiger partial charge in [-0.1, -0.05) is 6.07 Å². The van der Waals surface area contributed by atoms with E-state index in [1.54, 1.807) is 28.6 Å². The summed E-state index contributed by atoms with van der Waals surface area (Å²) >= 11 is 0. The first-order valence-corrected chi connectivity index (χ1v) is 12.6. The highest BCUT2D eigenvalue weighted by Crippen LogP contribution is 2.53. The van der Waals surface area contributed by atoms with E-state index in [0.29, 0.717) is 23.2 Å². The Labute approximate surface area is 208 Å². The molecule has 0 saturated heterocycles. The molecule has 1 N–H and O–H groups in total. The van der Waals surface area contributed by atoms with Crippen molar-refractivity contribution in [2.24, 2.45) is 5.92 Å². The van der Waals surface area contributed by atoms with E-state index >= 15 is 0 Å². The molecule has 1 aliphatic heterocycles. The molecule has 1 fully saturated rings. The Morgan fingerprint density at radius 2 is 1.89 bits per heavy atom. The average Bonchev–Trinajstić information content (AvgIpc) is 3.36. The number of aromatic nitrogens is 3. The van der Waals surface area contributed by atoms with Crippen molar-refractivity contribution in [1.29, 1.82) is 0 Å². The van der Waals surface area contributed by atoms with E-state index < -0.39 is 12.2 Å². The third-order valence-electron chi connectivity index (χ3n) is 8.49. The Balaban J connectivity index is 1.44. The first-order chi connectivity index (χ1) is 17.1. The third-order valence-corrected chi connectivity index (χ3v) is 8.49. The molecule has 0 radical (unpaired) electrons. The summed E-state index contributed by atoms with van der Waals surface area (Å²) in [6, 6.07) is 6.50. The summed E-state index contributed by atoms with van der Waals surface area (Å²) in [6.07, 6.45) is 6.25. The molecule has 3 aromatic rings. The number of alkyl halides is 2. The second-order valence-electron chi connectivity index (χ2n) is 10.9. The van der Waals surface area contributed by atoms with Crippen LogP contribution < -0.4 is 4.74 Å². The number of halogens is 2. The van der Waals surface area contributed by atoms with Crippen LogP contribution in [0.4, 0.5) is 8.78 Å². The number of nitrogens with zero attached hydrogens (tertiary/aromatic N) is 4. The zero-order valence-electron chi connectivity index (χ0n) is 20.6. The summed E-state index contributed by atoms with van der Waals surface area (Å²) in [5.74, 6) is 0.0462. The van der Waals surface area contributed by atoms with Crippen LogP contribution in [0.1, 0.15) is 96.7 Å². The molecule has 9 heteroatoms. The van der Waals surface area contributed by atoms with Gasteiger partial charge in [0.2, 0.25) is 0 Å². The van der Waals surface area contributed by atoms with Crippen LogP contribution in [0.15, 0.2) is 30.5 Å². The first kappa shape index (κ1) is 23.3. The first-order valence-electron chi connectivity index (χ1n) is 12.6. The van der Waals surface area contributed by atoms with Crippen molar-refractivity contribution in [2.45, 2.75) is 76.0 Å². The average molecular weight is 497 g/mol. The number of hydrogen-bond acceptors (Lipinski definition) is 5. The highest BCUT2D eigenvalue weighted by atomic mass is 19.3. The van der Waals surface area contributed by atoms with E-state index in [0.717, 1.165) is 42.6 Å². The number of hydrogen-bond donors (Lipinski definition) is 1. The molecule has 1 saturated carbocycles. The van der Waals surface area contributed by atoms with Gasteiger partial charge in [-0.25, -0.2) is 9.50 Å². The lowest BCUT2D eigenvalue weighted by Crippen LogP contribution is -2.33. The molecule has 1 aromatic carbocycles. The maximum atomic E-state index is 13.3. The van der Waals surface area contributed by atoms with Gasteiger partial charge >= 0.3 is 6.61 Å². The van der Waals surface area contributed by atoms with Crippen LogP contribution in [0.3, 0.4) is 0 Å². The fourth-order valence-corrected chi connectivity index (χ4v) is 6.56. The molecule has 6 rings (SSSR count). The van der Waals surface area contributed by atoms with Gasteiger partial charge in [0.05, 0.1) is 17.3 Å². The van der Waals surface area contributed by atoms with Crippen molar-refractivity contribution in [1.82, 2.24) is 19.5 Å². The molecule has 2 atom stereocenters. The topological polar surface area (TPSA) is 80.0 Å². The minimum atomic E-state index is -2.99. The van der Waals surface area contributed by atoms with Crippen molar-refractivity contribution in [3.05, 3.63) is 58.5 Å². The van der Waals surface area contributed by atoms with Crippen molar-refractivity contribution in [2.75, 3.05) is 7.05 Å². The molecule has 1 amide bonds. The highest BCUT2D eigenvalue weighted by molar-refractivity contribution is 5.98. The van der Waals surface area contributed by atoms with E-state index in [4.69, 9.17) is 14.8 Å². The maximum absolute atomic E-state index is 13.3. The summed E-state index contributed by atoms with van der Waals surface area (Å²) in [5, 5.41) is 15.2. The number of carbonyl (C=O) groups excluding carboxylic acids is 1. The van der Waals surface area contributed by atoms with E-state index in [9.17, 15) is 18.7 Å². The number of ether oxygens (including phenoxy) is 1. The quantitative estimate of drug-likeness (QED) is 0.548. The third kappa shape index (κ3) is 3.58. The molecule has 2 aliphatic carbocycles. The molecule has 2 unspecified atom stereocenters. The van der Waals surface area contributed by atoms with Gasteiger partial charge in [-0.2, -0.15) is 13.9 Å². The van der Waals surface area contributed by atoms with Gasteiger partial charge in [0.15, 0.2) is 5.65 Å². The molecule has 0 spiro atoms. The summed E-state index contributed by atoms with van der Waals surface area (Å²) in [4.78, 5) is 20.0. The second-order valence-corrected chi connectivity index (χ2v) is 10.9. The van der Waals surface area contributed by atoms with E-state index in [1.807, 2.05) is 26.1 Å². The smallest absolute Gasteiger partial charge is 0.387 e. The van der Waals surface area contributed by atoms with Gasteiger partial charge in [-0.05, 0) is 70.1 Å². The second kappa shape index (κ2) is 8.23. The Bertz CT molecular complexity index is 1340. The van der Waals surface area contributed by atoms with Crippen LogP contribution in [0.5, 0.6) is 5.75 Å². The van der Waals surface area contributed by atoms with Gasteiger partial charge in [0.1, 0.15) is 5.75 Å². The van der Waals surface area contributed by atoms with Crippen LogP contribution >= 0.6 is 0 Å². The molecule has 7 nitrogen and oxygen atoms in total. The van der Waals surface area contributed by atoms with Gasteiger partial charge < -0.3 is 14.7 Å². The standard InChI is InChI=1S/C27H30F2N4O3/c1-27(2,35)15-9-7-14(8-10-15)18-11-12-33-24(30-18)22-17-13-19(23(22)31-33)32(3)25(34)16-5-4-6-20(21(16)17)36-26(28)29/h4-6,11-12,14-15,17,19,26,35H,7-10,13H2,1-3H3. The number of rotatable bonds is 4. The molecular weight excluding hydrogens is 466 g/mol. The Morgan fingerprint density at radius 1 is 1.14 bits per heavy atom. The number of fused-ring (bicyclic) bond motifs is 9. The maximum Gasteiger partial charge on any atom is 0.387 e. The van der Waals surface area contributed by atoms with Gasteiger partial charge in [0.25, 0.3) is 5.91 Å². The summed E-state index contributed by atoms with van der Waals surface area (Å²) in [7, 11) is 1.73. The molecule has 2 bridgehead atoms. The number of amides is 1. The van der Waals surface area contributed by atoms with Crippen LogP contribution in [-0.2, 0) is 0 Å². The van der Waals surface area contributed by atoms with Gasteiger partial charge in [-0.3, -0.25) is 4.79 Å². The lowest BCUT2D eigenvalue weighted by atomic mass is 9.74. The molecule has 190 valence electrons. The van der Waals surface area contributed by atoms with Gasteiger partial charge in [-0.15, -0.1) is 0 Å². The molecule has 3 heterocycles. The predicted octanol–water partition coefficient (Wildman–Crippen LogP) is 5.04. The SMILES string of the molecule is CN1C(=O)c2cccc(OC(F)F)c2C2CC1c1nn3ccc(C4CCC(C(C)(C)O)CC4)nc3c12. The fourth-order valence-electron chi connectivity index (χ4n) is 6.56. The van der Waals surface area contributed by atoms with E-state index in [2.05, 4.69) is 0 Å². The number of aliphatic hydroxyl groups is 1. The van der Waals surface area contributed by atoms with Crippen LogP contribution in [0.2, 0.25) is 0 Å². The Kier molecular flexibility index (Phi) is 5.33. The summed E-state index contributed by atoms with van der Waals surface area (Å²) < 4.78 is 33.2. The van der Waals surface area contributed by atoms with Gasteiger partial charge in [0, 0.05) is 47.5 Å². The van der Waals surface area contributed by atoms with E-state index in [1.165, 1.54) is 6.07 Å². The molecule has 36 heavy (non-hydrogen) atoms. The van der Waals surface area contributed by atoms with Crippen molar-refractivity contribution < 1.29 is 23.4 Å². The largest absolute Gasteiger partial charge is 0.434 e. The zero-order chi connectivity index (χ0) is 25.4. The summed E-state index contributed by atoms with van der Waals surface area (Å²) in [5.41, 5.74) is 3.54. The molecule has 3 aliphatic rings. The monoisotopic (exact) mass is 496 g/mol. The fraction of sp³-hybridized carbons (Fsp3) is 0.519. The zero-order valence-corrected chi connectivity index (χ0v) is 20.6. The van der Waals surface area contributed by atoms with Crippen LogP contribution in [0, 0.1) is 5.92 Å².